The molecule has 30 heavy (non-hydrogen) atoms. The number of fused-ring (bicyclic) bond motifs is 3. The van der Waals surface area contributed by atoms with Crippen LogP contribution in [0.15, 0.2) is 23.6 Å². The highest BCUT2D eigenvalue weighted by molar-refractivity contribution is 7.86. The second-order valence-corrected chi connectivity index (χ2v) is 11.0. The lowest BCUT2D eigenvalue weighted by atomic mass is 10.0. The predicted octanol–water partition coefficient (Wildman–Crippen LogP) is 3.14. The standard InChI is InChI=1S/C20H24N2O6S2/c1-20(2,3)28-16-8-13-12(7-15(16)27-4)19(23)22-10-11-5-6-29-17(11)9-14(22)18(21-13)30(24,25)26/h5-8,14,18,21H,9-10H2,1-4H3,(H,24,25,26)/t14-,18?/m0/s1. The highest BCUT2D eigenvalue weighted by atomic mass is 32.2. The molecule has 0 radical (unpaired) electrons. The maximum atomic E-state index is 13.5. The molecule has 0 fully saturated rings. The summed E-state index contributed by atoms with van der Waals surface area (Å²) in [6.45, 7) is 5.89. The van der Waals surface area contributed by atoms with Crippen molar-refractivity contribution in [1.82, 2.24) is 4.90 Å². The van der Waals surface area contributed by atoms with Crippen LogP contribution >= 0.6 is 11.3 Å². The van der Waals surface area contributed by atoms with Gasteiger partial charge in [-0.05, 0) is 43.8 Å². The summed E-state index contributed by atoms with van der Waals surface area (Å²) in [6.07, 6.45) is 0.340. The molecule has 0 bridgehead atoms. The van der Waals surface area contributed by atoms with E-state index in [1.54, 1.807) is 12.1 Å². The lowest BCUT2D eigenvalue weighted by Gasteiger charge is -2.37. The van der Waals surface area contributed by atoms with Crippen LogP contribution in [0.2, 0.25) is 0 Å². The molecule has 2 atom stereocenters. The molecule has 2 aliphatic rings. The number of carbonyl (C=O) groups excluding carboxylic acids is 1. The molecule has 1 aromatic carbocycles. The predicted molar refractivity (Wildman–Crippen MR) is 114 cm³/mol. The summed E-state index contributed by atoms with van der Waals surface area (Å²) >= 11 is 1.52. The van der Waals surface area contributed by atoms with Crippen LogP contribution in [0.5, 0.6) is 11.5 Å². The summed E-state index contributed by atoms with van der Waals surface area (Å²) < 4.78 is 46.0. The Labute approximate surface area is 179 Å². The Hall–Kier alpha value is -2.30. The van der Waals surface area contributed by atoms with Gasteiger partial charge in [0.05, 0.1) is 24.4 Å². The normalized spacial score (nSPS) is 21.1. The van der Waals surface area contributed by atoms with Gasteiger partial charge < -0.3 is 19.7 Å². The van der Waals surface area contributed by atoms with Gasteiger partial charge in [-0.1, -0.05) is 0 Å². The molecule has 0 saturated carbocycles. The average Bonchev–Trinajstić information content (AvgIpc) is 3.05. The van der Waals surface area contributed by atoms with Crippen molar-refractivity contribution >= 4 is 33.0 Å². The van der Waals surface area contributed by atoms with Crippen LogP contribution in [-0.2, 0) is 23.1 Å². The van der Waals surface area contributed by atoms with E-state index in [1.165, 1.54) is 23.3 Å². The van der Waals surface area contributed by atoms with E-state index in [0.29, 0.717) is 17.9 Å². The van der Waals surface area contributed by atoms with Gasteiger partial charge in [-0.25, -0.2) is 0 Å². The number of hydrogen-bond donors (Lipinski definition) is 2. The molecular weight excluding hydrogens is 428 g/mol. The minimum absolute atomic E-state index is 0.267. The minimum atomic E-state index is -4.51. The molecule has 0 saturated heterocycles. The molecule has 10 heteroatoms. The highest BCUT2D eigenvalue weighted by Crippen LogP contribution is 2.41. The maximum Gasteiger partial charge on any atom is 0.288 e. The van der Waals surface area contributed by atoms with Crippen LogP contribution in [0, 0.1) is 0 Å². The summed E-state index contributed by atoms with van der Waals surface area (Å²) in [6, 6.07) is 4.30. The van der Waals surface area contributed by atoms with Gasteiger partial charge >= 0.3 is 0 Å². The van der Waals surface area contributed by atoms with E-state index < -0.39 is 27.1 Å². The molecular formula is C20H24N2O6S2. The van der Waals surface area contributed by atoms with Crippen molar-refractivity contribution in [3.05, 3.63) is 39.6 Å². The third-order valence-electron chi connectivity index (χ3n) is 5.15. The van der Waals surface area contributed by atoms with Crippen LogP contribution in [-0.4, -0.2) is 47.9 Å². The van der Waals surface area contributed by atoms with E-state index in [0.717, 1.165) is 10.4 Å². The SMILES string of the molecule is COc1cc2c(cc1OC(C)(C)C)NC(S(=O)(=O)O)[C@@H]1Cc3sccc3CN1C2=O. The van der Waals surface area contributed by atoms with Gasteiger partial charge in [0, 0.05) is 23.9 Å². The average molecular weight is 453 g/mol. The largest absolute Gasteiger partial charge is 0.493 e. The van der Waals surface area contributed by atoms with Crippen LogP contribution < -0.4 is 14.8 Å². The fraction of sp³-hybridized carbons (Fsp3) is 0.450. The van der Waals surface area contributed by atoms with Gasteiger partial charge in [0.15, 0.2) is 16.9 Å². The summed E-state index contributed by atoms with van der Waals surface area (Å²) in [4.78, 5) is 16.0. The van der Waals surface area contributed by atoms with Gasteiger partial charge in [-0.3, -0.25) is 9.35 Å². The molecule has 1 aromatic heterocycles. The fourth-order valence-corrected chi connectivity index (χ4v) is 5.75. The molecule has 0 spiro atoms. The molecule has 162 valence electrons. The maximum absolute atomic E-state index is 13.5. The monoisotopic (exact) mass is 452 g/mol. The minimum Gasteiger partial charge on any atom is -0.493 e. The van der Waals surface area contributed by atoms with E-state index in [-0.39, 0.29) is 23.7 Å². The van der Waals surface area contributed by atoms with Gasteiger partial charge in [0.25, 0.3) is 16.0 Å². The van der Waals surface area contributed by atoms with Crippen LogP contribution in [0.4, 0.5) is 5.69 Å². The quantitative estimate of drug-likeness (QED) is 0.689. The second kappa shape index (κ2) is 7.14. The smallest absolute Gasteiger partial charge is 0.288 e. The number of ether oxygens (including phenoxy) is 2. The highest BCUT2D eigenvalue weighted by Gasteiger charge is 2.45. The van der Waals surface area contributed by atoms with E-state index in [9.17, 15) is 17.8 Å². The van der Waals surface area contributed by atoms with Gasteiger partial charge in [0.2, 0.25) is 0 Å². The molecule has 2 aliphatic heterocycles. The molecule has 3 heterocycles. The Morgan fingerprint density at radius 2 is 2.00 bits per heavy atom. The summed E-state index contributed by atoms with van der Waals surface area (Å²) in [5.74, 6) is 0.414. The molecule has 1 amide bonds. The number of hydrogen-bond acceptors (Lipinski definition) is 7. The van der Waals surface area contributed by atoms with E-state index in [2.05, 4.69) is 5.32 Å². The molecule has 8 nitrogen and oxygen atoms in total. The van der Waals surface area contributed by atoms with Gasteiger partial charge in [-0.2, -0.15) is 8.42 Å². The first-order valence-electron chi connectivity index (χ1n) is 9.48. The Kier molecular flexibility index (Phi) is 4.99. The van der Waals surface area contributed by atoms with Crippen molar-refractivity contribution in [3.63, 3.8) is 0 Å². The Morgan fingerprint density at radius 1 is 1.27 bits per heavy atom. The Morgan fingerprint density at radius 3 is 2.63 bits per heavy atom. The van der Waals surface area contributed by atoms with Gasteiger partial charge in [-0.15, -0.1) is 11.3 Å². The van der Waals surface area contributed by atoms with E-state index >= 15 is 0 Å². The lowest BCUT2D eigenvalue weighted by Crippen LogP contribution is -2.53. The second-order valence-electron chi connectivity index (χ2n) is 8.42. The zero-order chi connectivity index (χ0) is 21.8. The number of carbonyl (C=O) groups is 1. The number of amides is 1. The first-order valence-corrected chi connectivity index (χ1v) is 11.9. The van der Waals surface area contributed by atoms with Crippen LogP contribution in [0.1, 0.15) is 41.6 Å². The first-order chi connectivity index (χ1) is 14.0. The molecule has 2 aromatic rings. The van der Waals surface area contributed by atoms with Crippen molar-refractivity contribution in [2.45, 2.75) is 50.8 Å². The van der Waals surface area contributed by atoms with Gasteiger partial charge in [0.1, 0.15) is 5.60 Å². The van der Waals surface area contributed by atoms with E-state index in [1.807, 2.05) is 32.2 Å². The number of benzene rings is 1. The summed E-state index contributed by atoms with van der Waals surface area (Å²) in [7, 11) is -3.03. The molecule has 2 N–H and O–H groups in total. The zero-order valence-corrected chi connectivity index (χ0v) is 18.8. The number of thiophene rings is 1. The number of methoxy groups -OCH3 is 1. The first kappa shape index (κ1) is 21.0. The number of nitrogens with zero attached hydrogens (tertiary/aromatic N) is 1. The summed E-state index contributed by atoms with van der Waals surface area (Å²) in [5, 5.41) is 3.45. The third kappa shape index (κ3) is 3.75. The number of anilines is 1. The number of nitrogens with one attached hydrogen (secondary N) is 1. The van der Waals surface area contributed by atoms with Crippen molar-refractivity contribution in [2.24, 2.45) is 0 Å². The van der Waals surface area contributed by atoms with Crippen molar-refractivity contribution in [2.75, 3.05) is 12.4 Å². The lowest BCUT2D eigenvalue weighted by molar-refractivity contribution is 0.0650. The van der Waals surface area contributed by atoms with E-state index in [4.69, 9.17) is 9.47 Å². The van der Waals surface area contributed by atoms with Crippen LogP contribution in [0.3, 0.4) is 0 Å². The van der Waals surface area contributed by atoms with Crippen molar-refractivity contribution in [1.29, 1.82) is 0 Å². The molecule has 0 aliphatic carbocycles. The Bertz CT molecular complexity index is 1100. The van der Waals surface area contributed by atoms with Crippen molar-refractivity contribution in [3.8, 4) is 11.5 Å². The Balaban J connectivity index is 1.86. The topological polar surface area (TPSA) is 105 Å². The third-order valence-corrected chi connectivity index (χ3v) is 7.21. The summed E-state index contributed by atoms with van der Waals surface area (Å²) in [5.41, 5.74) is 0.995. The molecule has 1 unspecified atom stereocenters. The van der Waals surface area contributed by atoms with Crippen LogP contribution in [0.25, 0.3) is 0 Å². The number of rotatable bonds is 3. The fourth-order valence-electron chi connectivity index (χ4n) is 3.88. The molecule has 4 rings (SSSR count). The van der Waals surface area contributed by atoms with Crippen molar-refractivity contribution < 1.29 is 27.2 Å². The zero-order valence-electron chi connectivity index (χ0n) is 17.1.